The standard InChI is InChI=1S/C12H10FN3O/c1-2-17-11-4-3-8(10-6-15-7-16-10)12(13)9(11)5-14/h3-4,6-7H,2H2,1H3,(H,15,16). The van der Waals surface area contributed by atoms with Crippen molar-refractivity contribution in [2.24, 2.45) is 0 Å². The molecule has 0 fully saturated rings. The van der Waals surface area contributed by atoms with E-state index in [2.05, 4.69) is 9.97 Å². The first kappa shape index (κ1) is 11.1. The second-order valence-corrected chi connectivity index (χ2v) is 3.31. The number of rotatable bonds is 3. The van der Waals surface area contributed by atoms with Crippen LogP contribution in [0, 0.1) is 17.1 Å². The van der Waals surface area contributed by atoms with Crippen molar-refractivity contribution in [1.82, 2.24) is 9.97 Å². The lowest BCUT2D eigenvalue weighted by Crippen LogP contribution is -1.98. The van der Waals surface area contributed by atoms with Crippen LogP contribution in [0.5, 0.6) is 5.75 Å². The average molecular weight is 231 g/mol. The van der Waals surface area contributed by atoms with E-state index in [9.17, 15) is 4.39 Å². The molecular formula is C12H10FN3O. The predicted octanol–water partition coefficient (Wildman–Crippen LogP) is 2.49. The molecule has 0 aliphatic heterocycles. The number of benzene rings is 1. The van der Waals surface area contributed by atoms with Crippen molar-refractivity contribution in [3.8, 4) is 23.1 Å². The Morgan fingerprint density at radius 3 is 2.94 bits per heavy atom. The Bertz CT molecular complexity index is 558. The minimum atomic E-state index is -0.595. The molecule has 1 heterocycles. The lowest BCUT2D eigenvalue weighted by molar-refractivity contribution is 0.337. The summed E-state index contributed by atoms with van der Waals surface area (Å²) in [5.41, 5.74) is 0.753. The summed E-state index contributed by atoms with van der Waals surface area (Å²) in [6.07, 6.45) is 2.96. The first-order valence-electron chi connectivity index (χ1n) is 5.12. The maximum atomic E-state index is 14.1. The largest absolute Gasteiger partial charge is 0.492 e. The van der Waals surface area contributed by atoms with Gasteiger partial charge in [-0.3, -0.25) is 0 Å². The van der Waals surface area contributed by atoms with E-state index in [4.69, 9.17) is 10.00 Å². The van der Waals surface area contributed by atoms with Gasteiger partial charge >= 0.3 is 0 Å². The van der Waals surface area contributed by atoms with Gasteiger partial charge in [0.1, 0.15) is 17.4 Å². The second kappa shape index (κ2) is 4.66. The van der Waals surface area contributed by atoms with Crippen molar-refractivity contribution in [3.63, 3.8) is 0 Å². The van der Waals surface area contributed by atoms with Gasteiger partial charge in [-0.1, -0.05) is 0 Å². The van der Waals surface area contributed by atoms with E-state index in [1.54, 1.807) is 19.1 Å². The van der Waals surface area contributed by atoms with Gasteiger partial charge < -0.3 is 9.72 Å². The average Bonchev–Trinajstić information content (AvgIpc) is 2.83. The van der Waals surface area contributed by atoms with Crippen LogP contribution in [0.25, 0.3) is 11.3 Å². The first-order chi connectivity index (χ1) is 8.27. The zero-order valence-electron chi connectivity index (χ0n) is 9.20. The third-order valence-electron chi connectivity index (χ3n) is 2.30. The molecule has 0 bridgehead atoms. The van der Waals surface area contributed by atoms with Gasteiger partial charge in [0.15, 0.2) is 5.82 Å². The van der Waals surface area contributed by atoms with Crippen molar-refractivity contribution in [2.45, 2.75) is 6.92 Å². The van der Waals surface area contributed by atoms with Crippen LogP contribution in [0.3, 0.4) is 0 Å². The lowest BCUT2D eigenvalue weighted by Gasteiger charge is -2.08. The fraction of sp³-hybridized carbons (Fsp3) is 0.167. The molecule has 0 unspecified atom stereocenters. The van der Waals surface area contributed by atoms with Gasteiger partial charge in [0.2, 0.25) is 0 Å². The Morgan fingerprint density at radius 1 is 1.53 bits per heavy atom. The highest BCUT2D eigenvalue weighted by Crippen LogP contribution is 2.29. The topological polar surface area (TPSA) is 61.7 Å². The van der Waals surface area contributed by atoms with E-state index in [0.29, 0.717) is 17.9 Å². The first-order valence-corrected chi connectivity index (χ1v) is 5.12. The molecule has 4 nitrogen and oxygen atoms in total. The van der Waals surface area contributed by atoms with Crippen molar-refractivity contribution in [1.29, 1.82) is 5.26 Å². The number of H-pyrrole nitrogens is 1. The number of imidazole rings is 1. The maximum absolute atomic E-state index is 14.1. The highest BCUT2D eigenvalue weighted by molar-refractivity contribution is 5.64. The van der Waals surface area contributed by atoms with E-state index in [1.807, 2.05) is 6.07 Å². The van der Waals surface area contributed by atoms with E-state index >= 15 is 0 Å². The molecular weight excluding hydrogens is 221 g/mol. The summed E-state index contributed by atoms with van der Waals surface area (Å²) in [4.78, 5) is 6.61. The van der Waals surface area contributed by atoms with Crippen LogP contribution in [-0.4, -0.2) is 16.6 Å². The molecule has 0 saturated carbocycles. The summed E-state index contributed by atoms with van der Waals surface area (Å²) in [5.74, 6) is -0.335. The predicted molar refractivity (Wildman–Crippen MR) is 59.9 cm³/mol. The zero-order chi connectivity index (χ0) is 12.3. The SMILES string of the molecule is CCOc1ccc(-c2cnc[nH]2)c(F)c1C#N. The van der Waals surface area contributed by atoms with Crippen LogP contribution in [0.15, 0.2) is 24.7 Å². The molecule has 0 atom stereocenters. The summed E-state index contributed by atoms with van der Waals surface area (Å²) in [5, 5.41) is 8.95. The highest BCUT2D eigenvalue weighted by Gasteiger charge is 2.15. The second-order valence-electron chi connectivity index (χ2n) is 3.31. The zero-order valence-corrected chi connectivity index (χ0v) is 9.20. The fourth-order valence-electron chi connectivity index (χ4n) is 1.55. The van der Waals surface area contributed by atoms with E-state index in [1.165, 1.54) is 12.5 Å². The number of hydrogen-bond donors (Lipinski definition) is 1. The molecule has 2 rings (SSSR count). The summed E-state index contributed by atoms with van der Waals surface area (Å²) < 4.78 is 19.3. The molecule has 5 heteroatoms. The quantitative estimate of drug-likeness (QED) is 0.882. The van der Waals surface area contributed by atoms with Gasteiger partial charge in [0, 0.05) is 5.56 Å². The molecule has 0 aliphatic rings. The number of ether oxygens (including phenoxy) is 1. The van der Waals surface area contributed by atoms with E-state index in [0.717, 1.165) is 0 Å². The number of nitrogens with zero attached hydrogens (tertiary/aromatic N) is 2. The van der Waals surface area contributed by atoms with Crippen molar-refractivity contribution >= 4 is 0 Å². The highest BCUT2D eigenvalue weighted by atomic mass is 19.1. The normalized spacial score (nSPS) is 9.94. The molecule has 1 aromatic carbocycles. The summed E-state index contributed by atoms with van der Waals surface area (Å²) in [7, 11) is 0. The molecule has 0 radical (unpaired) electrons. The van der Waals surface area contributed by atoms with Crippen molar-refractivity contribution in [3.05, 3.63) is 36.0 Å². The van der Waals surface area contributed by atoms with Crippen molar-refractivity contribution < 1.29 is 9.13 Å². The van der Waals surface area contributed by atoms with Crippen LogP contribution in [0.4, 0.5) is 4.39 Å². The summed E-state index contributed by atoms with van der Waals surface area (Å²) >= 11 is 0. The summed E-state index contributed by atoms with van der Waals surface area (Å²) in [6.45, 7) is 2.17. The third kappa shape index (κ3) is 1.97. The Morgan fingerprint density at radius 2 is 2.35 bits per heavy atom. The van der Waals surface area contributed by atoms with Gasteiger partial charge in [-0.2, -0.15) is 5.26 Å². The Kier molecular flexibility index (Phi) is 3.06. The van der Waals surface area contributed by atoms with Gasteiger partial charge in [0.05, 0.1) is 24.8 Å². The lowest BCUT2D eigenvalue weighted by atomic mass is 10.1. The van der Waals surface area contributed by atoms with Crippen molar-refractivity contribution in [2.75, 3.05) is 6.61 Å². The molecule has 0 saturated heterocycles. The molecule has 0 aliphatic carbocycles. The minimum absolute atomic E-state index is 0.0843. The number of aromatic amines is 1. The third-order valence-corrected chi connectivity index (χ3v) is 2.30. The number of halogens is 1. The number of nitrogens with one attached hydrogen (secondary N) is 1. The maximum Gasteiger partial charge on any atom is 0.154 e. The molecule has 1 N–H and O–H groups in total. The number of nitriles is 1. The molecule has 0 spiro atoms. The van der Waals surface area contributed by atoms with E-state index < -0.39 is 5.82 Å². The van der Waals surface area contributed by atoms with Crippen LogP contribution < -0.4 is 4.74 Å². The number of aromatic nitrogens is 2. The fourth-order valence-corrected chi connectivity index (χ4v) is 1.55. The Labute approximate surface area is 97.7 Å². The van der Waals surface area contributed by atoms with Gasteiger partial charge in [-0.25, -0.2) is 9.37 Å². The van der Waals surface area contributed by atoms with Gasteiger partial charge in [-0.15, -0.1) is 0 Å². The molecule has 2 aromatic rings. The van der Waals surface area contributed by atoms with Crippen LogP contribution >= 0.6 is 0 Å². The van der Waals surface area contributed by atoms with Crippen LogP contribution in [0.1, 0.15) is 12.5 Å². The van der Waals surface area contributed by atoms with Crippen LogP contribution in [-0.2, 0) is 0 Å². The number of hydrogen-bond acceptors (Lipinski definition) is 3. The molecule has 86 valence electrons. The van der Waals surface area contributed by atoms with Gasteiger partial charge in [-0.05, 0) is 19.1 Å². The molecule has 1 aromatic heterocycles. The molecule has 17 heavy (non-hydrogen) atoms. The molecule has 0 amide bonds. The monoisotopic (exact) mass is 231 g/mol. The Balaban J connectivity index is 2.55. The van der Waals surface area contributed by atoms with Crippen LogP contribution in [0.2, 0.25) is 0 Å². The minimum Gasteiger partial charge on any atom is -0.492 e. The smallest absolute Gasteiger partial charge is 0.154 e. The summed E-state index contributed by atoms with van der Waals surface area (Å²) in [6, 6.07) is 4.97. The Hall–Kier alpha value is -2.35. The van der Waals surface area contributed by atoms with Gasteiger partial charge in [0.25, 0.3) is 0 Å². The van der Waals surface area contributed by atoms with E-state index in [-0.39, 0.29) is 11.3 Å².